The molecule has 1 atom stereocenters. The van der Waals surface area contributed by atoms with E-state index in [2.05, 4.69) is 14.6 Å². The molecule has 1 aromatic carbocycles. The van der Waals surface area contributed by atoms with Gasteiger partial charge < -0.3 is 9.80 Å². The van der Waals surface area contributed by atoms with Crippen LogP contribution in [0.5, 0.6) is 0 Å². The van der Waals surface area contributed by atoms with Crippen molar-refractivity contribution < 1.29 is 13.2 Å². The van der Waals surface area contributed by atoms with Crippen molar-refractivity contribution in [3.63, 3.8) is 0 Å². The van der Waals surface area contributed by atoms with Crippen molar-refractivity contribution >= 4 is 27.3 Å². The van der Waals surface area contributed by atoms with Crippen LogP contribution < -0.4 is 4.72 Å². The minimum Gasteiger partial charge on any atom is -0.339 e. The number of sulfonamides is 1. The number of likely N-dealkylation sites (N-methyl/N-ethyl adjacent to an activating group) is 1. The van der Waals surface area contributed by atoms with Crippen LogP contribution >= 0.6 is 11.3 Å². The summed E-state index contributed by atoms with van der Waals surface area (Å²) in [6, 6.07) is 5.81. The van der Waals surface area contributed by atoms with E-state index in [1.807, 2.05) is 25.4 Å². The van der Waals surface area contributed by atoms with Crippen molar-refractivity contribution in [3.8, 4) is 11.3 Å². The smallest absolute Gasteiger partial charge is 0.241 e. The monoisotopic (exact) mass is 408 g/mol. The van der Waals surface area contributed by atoms with Gasteiger partial charge in [-0.15, -0.1) is 11.3 Å². The van der Waals surface area contributed by atoms with Crippen molar-refractivity contribution in [3.05, 3.63) is 34.7 Å². The molecule has 0 unspecified atom stereocenters. The van der Waals surface area contributed by atoms with Gasteiger partial charge in [0.15, 0.2) is 0 Å². The normalized spacial score (nSPS) is 17.1. The Balaban J connectivity index is 1.73. The van der Waals surface area contributed by atoms with Crippen LogP contribution in [0.1, 0.15) is 11.9 Å². The number of thiazole rings is 1. The van der Waals surface area contributed by atoms with Gasteiger partial charge in [-0.3, -0.25) is 4.79 Å². The highest BCUT2D eigenvalue weighted by Gasteiger charge is 2.27. The Labute approximate surface area is 164 Å². The standard InChI is InChI=1S/C18H24N4O3S2/c1-13(18(23)22-9-7-21(3)8-10-22)20-27(24,25)16-6-4-5-15(11-16)17-12-26-14(2)19-17/h4-6,11-13,20H,7-10H2,1-3H3/t13-/m0/s1. The van der Waals surface area contributed by atoms with Crippen LogP contribution in [0.4, 0.5) is 0 Å². The Morgan fingerprint density at radius 3 is 2.59 bits per heavy atom. The molecule has 146 valence electrons. The molecule has 3 rings (SSSR count). The number of carbonyl (C=O) groups is 1. The van der Waals surface area contributed by atoms with E-state index in [-0.39, 0.29) is 10.8 Å². The number of aryl methyl sites for hydroxylation is 1. The lowest BCUT2D eigenvalue weighted by molar-refractivity contribution is -0.134. The highest BCUT2D eigenvalue weighted by Crippen LogP contribution is 2.24. The van der Waals surface area contributed by atoms with Crippen molar-refractivity contribution in [1.82, 2.24) is 19.5 Å². The Morgan fingerprint density at radius 1 is 1.26 bits per heavy atom. The molecule has 2 aromatic rings. The first kappa shape index (κ1) is 19.9. The molecule has 0 radical (unpaired) electrons. The summed E-state index contributed by atoms with van der Waals surface area (Å²) in [6.07, 6.45) is 0. The van der Waals surface area contributed by atoms with Gasteiger partial charge in [0.05, 0.1) is 21.6 Å². The molecule has 1 aromatic heterocycles. The number of aromatic nitrogens is 1. The number of nitrogens with zero attached hydrogens (tertiary/aromatic N) is 3. The van der Waals surface area contributed by atoms with Gasteiger partial charge in [-0.1, -0.05) is 12.1 Å². The van der Waals surface area contributed by atoms with Gasteiger partial charge in [-0.2, -0.15) is 4.72 Å². The van der Waals surface area contributed by atoms with E-state index in [0.29, 0.717) is 13.1 Å². The fraction of sp³-hybridized carbons (Fsp3) is 0.444. The Kier molecular flexibility index (Phi) is 5.95. The van der Waals surface area contributed by atoms with Crippen LogP contribution in [-0.4, -0.2) is 68.4 Å². The zero-order valence-electron chi connectivity index (χ0n) is 15.7. The SMILES string of the molecule is Cc1nc(-c2cccc(S(=O)(=O)N[C@@H](C)C(=O)N3CCN(C)CC3)c2)cs1. The third kappa shape index (κ3) is 4.73. The molecule has 27 heavy (non-hydrogen) atoms. The van der Waals surface area contributed by atoms with Gasteiger partial charge in [-0.05, 0) is 33.0 Å². The number of carbonyl (C=O) groups excluding carboxylic acids is 1. The summed E-state index contributed by atoms with van der Waals surface area (Å²) >= 11 is 1.51. The van der Waals surface area contributed by atoms with Crippen LogP contribution in [0.3, 0.4) is 0 Å². The summed E-state index contributed by atoms with van der Waals surface area (Å²) in [7, 11) is -1.81. The van der Waals surface area contributed by atoms with Gasteiger partial charge in [-0.25, -0.2) is 13.4 Å². The number of nitrogens with one attached hydrogen (secondary N) is 1. The predicted octanol–water partition coefficient (Wildman–Crippen LogP) is 1.56. The molecule has 0 spiro atoms. The quantitative estimate of drug-likeness (QED) is 0.812. The van der Waals surface area contributed by atoms with Crippen LogP contribution in [0, 0.1) is 6.92 Å². The number of hydrogen-bond donors (Lipinski definition) is 1. The topological polar surface area (TPSA) is 82.6 Å². The molecule has 1 fully saturated rings. The van der Waals surface area contributed by atoms with Crippen LogP contribution in [0.15, 0.2) is 34.5 Å². The molecule has 1 aliphatic rings. The molecule has 2 heterocycles. The van der Waals surface area contributed by atoms with Crippen molar-refractivity contribution in [2.45, 2.75) is 24.8 Å². The van der Waals surface area contributed by atoms with Gasteiger partial charge in [0, 0.05) is 37.1 Å². The molecule has 9 heteroatoms. The van der Waals surface area contributed by atoms with E-state index >= 15 is 0 Å². The lowest BCUT2D eigenvalue weighted by atomic mass is 10.2. The fourth-order valence-electron chi connectivity index (χ4n) is 2.97. The zero-order chi connectivity index (χ0) is 19.6. The maximum atomic E-state index is 12.8. The summed E-state index contributed by atoms with van der Waals surface area (Å²) in [4.78, 5) is 21.0. The van der Waals surface area contributed by atoms with Crippen molar-refractivity contribution in [2.24, 2.45) is 0 Å². The molecular weight excluding hydrogens is 384 g/mol. The van der Waals surface area contributed by atoms with Gasteiger partial charge >= 0.3 is 0 Å². The van der Waals surface area contributed by atoms with E-state index in [9.17, 15) is 13.2 Å². The number of amides is 1. The molecule has 0 saturated carbocycles. The van der Waals surface area contributed by atoms with E-state index in [1.165, 1.54) is 17.4 Å². The van der Waals surface area contributed by atoms with Crippen LogP contribution in [0.2, 0.25) is 0 Å². The maximum Gasteiger partial charge on any atom is 0.241 e. The van der Waals surface area contributed by atoms with Gasteiger partial charge in [0.25, 0.3) is 0 Å². The fourth-order valence-corrected chi connectivity index (χ4v) is 4.83. The van der Waals surface area contributed by atoms with E-state index < -0.39 is 16.1 Å². The number of piperazine rings is 1. The summed E-state index contributed by atoms with van der Waals surface area (Å²) < 4.78 is 28.0. The molecule has 1 aliphatic heterocycles. The zero-order valence-corrected chi connectivity index (χ0v) is 17.3. The average Bonchev–Trinajstić information content (AvgIpc) is 3.08. The second-order valence-corrected chi connectivity index (χ2v) is 9.53. The molecule has 7 nitrogen and oxygen atoms in total. The molecule has 1 N–H and O–H groups in total. The van der Waals surface area contributed by atoms with E-state index in [4.69, 9.17) is 0 Å². The first-order valence-electron chi connectivity index (χ1n) is 8.78. The summed E-state index contributed by atoms with van der Waals surface area (Å²) in [5, 5.41) is 2.82. The highest BCUT2D eigenvalue weighted by atomic mass is 32.2. The van der Waals surface area contributed by atoms with Crippen LogP contribution in [0.25, 0.3) is 11.3 Å². The maximum absolute atomic E-state index is 12.8. The molecule has 0 bridgehead atoms. The minimum atomic E-state index is -3.81. The third-order valence-electron chi connectivity index (χ3n) is 4.58. The second-order valence-electron chi connectivity index (χ2n) is 6.75. The van der Waals surface area contributed by atoms with E-state index in [0.717, 1.165) is 29.4 Å². The Hall–Kier alpha value is -1.81. The van der Waals surface area contributed by atoms with E-state index in [1.54, 1.807) is 24.0 Å². The van der Waals surface area contributed by atoms with Crippen molar-refractivity contribution in [1.29, 1.82) is 0 Å². The predicted molar refractivity (Wildman–Crippen MR) is 106 cm³/mol. The molecule has 0 aliphatic carbocycles. The number of benzene rings is 1. The summed E-state index contributed by atoms with van der Waals surface area (Å²) in [6.45, 7) is 6.30. The Bertz CT molecular complexity index is 918. The molecular formula is C18H24N4O3S2. The molecule has 1 saturated heterocycles. The summed E-state index contributed by atoms with van der Waals surface area (Å²) in [5.41, 5.74) is 1.48. The first-order valence-corrected chi connectivity index (χ1v) is 11.1. The average molecular weight is 409 g/mol. The summed E-state index contributed by atoms with van der Waals surface area (Å²) in [5.74, 6) is -0.196. The minimum absolute atomic E-state index is 0.128. The first-order chi connectivity index (χ1) is 12.8. The second kappa shape index (κ2) is 8.05. The third-order valence-corrected chi connectivity index (χ3v) is 6.89. The number of hydrogen-bond acceptors (Lipinski definition) is 6. The van der Waals surface area contributed by atoms with Gasteiger partial charge in [0.2, 0.25) is 15.9 Å². The number of rotatable bonds is 5. The van der Waals surface area contributed by atoms with Gasteiger partial charge in [0.1, 0.15) is 0 Å². The lowest BCUT2D eigenvalue weighted by Crippen LogP contribution is -2.53. The lowest BCUT2D eigenvalue weighted by Gasteiger charge is -2.34. The van der Waals surface area contributed by atoms with Crippen LogP contribution in [-0.2, 0) is 14.8 Å². The Morgan fingerprint density at radius 2 is 1.96 bits per heavy atom. The van der Waals surface area contributed by atoms with Crippen molar-refractivity contribution in [2.75, 3.05) is 33.2 Å². The molecule has 1 amide bonds. The largest absolute Gasteiger partial charge is 0.339 e. The highest BCUT2D eigenvalue weighted by molar-refractivity contribution is 7.89.